The van der Waals surface area contributed by atoms with Gasteiger partial charge in [-0.3, -0.25) is 4.79 Å². The van der Waals surface area contributed by atoms with E-state index in [1.165, 1.54) is 13.2 Å². The van der Waals surface area contributed by atoms with Crippen LogP contribution in [0.4, 0.5) is 8.78 Å². The Balaban J connectivity index is 2.45. The lowest BCUT2D eigenvalue weighted by atomic mass is 9.82. The number of carbonyl (C=O) groups excluding carboxylic acids is 1. The zero-order chi connectivity index (χ0) is 15.5. The molecule has 1 aliphatic heterocycles. The summed E-state index contributed by atoms with van der Waals surface area (Å²) in [7, 11) is 1.36. The van der Waals surface area contributed by atoms with Gasteiger partial charge in [-0.25, -0.2) is 8.78 Å². The third-order valence-electron chi connectivity index (χ3n) is 3.64. The summed E-state index contributed by atoms with van der Waals surface area (Å²) in [5.41, 5.74) is -0.761. The van der Waals surface area contributed by atoms with Gasteiger partial charge in [0.05, 0.1) is 12.6 Å². The van der Waals surface area contributed by atoms with Crippen molar-refractivity contribution in [3.8, 4) is 5.75 Å². The maximum absolute atomic E-state index is 14.5. The zero-order valence-electron chi connectivity index (χ0n) is 11.7. The van der Waals surface area contributed by atoms with Gasteiger partial charge in [-0.2, -0.15) is 0 Å². The summed E-state index contributed by atoms with van der Waals surface area (Å²) < 4.78 is 37.8. The Bertz CT molecular complexity index is 554. The molecule has 114 valence electrons. The van der Waals surface area contributed by atoms with Crippen LogP contribution in [0.1, 0.15) is 18.4 Å². The Kier molecular flexibility index (Phi) is 4.57. The number of carbonyl (C=O) groups is 1. The maximum Gasteiger partial charge on any atom is 0.280 e. The summed E-state index contributed by atoms with van der Waals surface area (Å²) in [5.74, 6) is -2.54. The lowest BCUT2D eigenvalue weighted by Crippen LogP contribution is -2.50. The molecular weight excluding hydrogens is 280 g/mol. The number of benzene rings is 1. The van der Waals surface area contributed by atoms with Crippen LogP contribution in [0, 0.1) is 5.82 Å². The largest absolute Gasteiger partial charge is 0.494 e. The summed E-state index contributed by atoms with van der Waals surface area (Å²) in [5, 5.41) is 2.55. The number of rotatable bonds is 4. The van der Waals surface area contributed by atoms with Crippen molar-refractivity contribution in [3.63, 3.8) is 0 Å². The molecule has 6 heteroatoms. The molecule has 1 heterocycles. The van der Waals surface area contributed by atoms with Gasteiger partial charge in [0, 0.05) is 18.8 Å². The van der Waals surface area contributed by atoms with Crippen LogP contribution in [0.2, 0.25) is 0 Å². The Morgan fingerprint density at radius 1 is 1.43 bits per heavy atom. The van der Waals surface area contributed by atoms with Crippen LogP contribution in [-0.4, -0.2) is 26.2 Å². The average Bonchev–Trinajstić information content (AvgIpc) is 2.48. The van der Waals surface area contributed by atoms with E-state index in [0.29, 0.717) is 26.1 Å². The predicted octanol–water partition coefficient (Wildman–Crippen LogP) is 2.44. The first-order chi connectivity index (χ1) is 10.00. The second-order valence-corrected chi connectivity index (χ2v) is 4.88. The first kappa shape index (κ1) is 15.4. The van der Waals surface area contributed by atoms with Crippen molar-refractivity contribution in [2.75, 3.05) is 20.3 Å². The van der Waals surface area contributed by atoms with E-state index in [9.17, 15) is 13.6 Å². The first-order valence-electron chi connectivity index (χ1n) is 6.58. The Morgan fingerprint density at radius 2 is 2.10 bits per heavy atom. The van der Waals surface area contributed by atoms with E-state index in [1.807, 2.05) is 0 Å². The van der Waals surface area contributed by atoms with Gasteiger partial charge in [0.2, 0.25) is 0 Å². The molecule has 1 amide bonds. The van der Waals surface area contributed by atoms with Crippen molar-refractivity contribution in [1.29, 1.82) is 0 Å². The number of hydrogen-bond acceptors (Lipinski definition) is 3. The second-order valence-electron chi connectivity index (χ2n) is 4.88. The molecule has 0 aromatic heterocycles. The molecular formula is C15H17F2NO3. The van der Waals surface area contributed by atoms with Crippen LogP contribution in [0.15, 0.2) is 30.6 Å². The molecule has 2 rings (SSSR count). The zero-order valence-corrected chi connectivity index (χ0v) is 11.7. The molecule has 1 aromatic carbocycles. The van der Waals surface area contributed by atoms with E-state index in [4.69, 9.17) is 9.47 Å². The van der Waals surface area contributed by atoms with Crippen LogP contribution >= 0.6 is 0 Å². The molecule has 1 N–H and O–H groups in total. The molecule has 0 radical (unpaired) electrons. The Morgan fingerprint density at radius 3 is 2.67 bits per heavy atom. The smallest absolute Gasteiger partial charge is 0.280 e. The fraction of sp³-hybridized carbons (Fsp3) is 0.400. The van der Waals surface area contributed by atoms with Crippen molar-refractivity contribution in [3.05, 3.63) is 42.0 Å². The molecule has 1 aliphatic rings. The van der Waals surface area contributed by atoms with E-state index in [-0.39, 0.29) is 11.3 Å². The average molecular weight is 297 g/mol. The molecule has 1 fully saturated rings. The van der Waals surface area contributed by atoms with Crippen molar-refractivity contribution in [2.45, 2.75) is 18.4 Å². The van der Waals surface area contributed by atoms with Crippen LogP contribution < -0.4 is 10.1 Å². The van der Waals surface area contributed by atoms with Crippen molar-refractivity contribution < 1.29 is 23.0 Å². The van der Waals surface area contributed by atoms with Gasteiger partial charge in [0.15, 0.2) is 17.4 Å². The highest BCUT2D eigenvalue weighted by atomic mass is 19.1. The fourth-order valence-electron chi connectivity index (χ4n) is 2.50. The molecule has 0 atom stereocenters. The standard InChI is InChI=1S/C15H17F2NO3/c1-10(16)14(19)18-15(6-8-21-9-7-15)11-4-3-5-12(20-2)13(11)17/h3-5H,1,6-9H2,2H3,(H,18,19). The molecule has 1 saturated heterocycles. The van der Waals surface area contributed by atoms with Gasteiger partial charge in [-0.15, -0.1) is 0 Å². The van der Waals surface area contributed by atoms with Crippen LogP contribution in [0.25, 0.3) is 0 Å². The Labute approximate surface area is 121 Å². The minimum atomic E-state index is -1.11. The van der Waals surface area contributed by atoms with Gasteiger partial charge >= 0.3 is 0 Å². The minimum absolute atomic E-state index is 0.0756. The quantitative estimate of drug-likeness (QED) is 0.868. The molecule has 21 heavy (non-hydrogen) atoms. The normalized spacial score (nSPS) is 17.1. The Hall–Kier alpha value is -1.95. The summed E-state index contributed by atoms with van der Waals surface area (Å²) in [6, 6.07) is 4.68. The SMILES string of the molecule is C=C(F)C(=O)NC1(c2cccc(OC)c2F)CCOCC1. The molecule has 0 spiro atoms. The second kappa shape index (κ2) is 6.22. The highest BCUT2D eigenvalue weighted by Crippen LogP contribution is 2.36. The number of halogens is 2. The molecule has 0 bridgehead atoms. The first-order valence-corrected chi connectivity index (χ1v) is 6.58. The number of methoxy groups -OCH3 is 1. The van der Waals surface area contributed by atoms with E-state index in [1.54, 1.807) is 12.1 Å². The van der Waals surface area contributed by atoms with E-state index < -0.39 is 23.1 Å². The van der Waals surface area contributed by atoms with E-state index >= 15 is 0 Å². The third-order valence-corrected chi connectivity index (χ3v) is 3.64. The minimum Gasteiger partial charge on any atom is -0.494 e. The van der Waals surface area contributed by atoms with Gasteiger partial charge in [0.25, 0.3) is 5.91 Å². The van der Waals surface area contributed by atoms with E-state index in [0.717, 1.165) is 0 Å². The van der Waals surface area contributed by atoms with Crippen molar-refractivity contribution >= 4 is 5.91 Å². The van der Waals surface area contributed by atoms with Gasteiger partial charge in [0.1, 0.15) is 0 Å². The van der Waals surface area contributed by atoms with Gasteiger partial charge in [-0.1, -0.05) is 18.7 Å². The van der Waals surface area contributed by atoms with Crippen molar-refractivity contribution in [2.24, 2.45) is 0 Å². The number of hydrogen-bond donors (Lipinski definition) is 1. The van der Waals surface area contributed by atoms with Crippen LogP contribution in [-0.2, 0) is 15.1 Å². The maximum atomic E-state index is 14.5. The summed E-state index contributed by atoms with van der Waals surface area (Å²) >= 11 is 0. The number of amides is 1. The van der Waals surface area contributed by atoms with Crippen molar-refractivity contribution in [1.82, 2.24) is 5.32 Å². The molecule has 4 nitrogen and oxygen atoms in total. The highest BCUT2D eigenvalue weighted by molar-refractivity contribution is 5.91. The fourth-order valence-corrected chi connectivity index (χ4v) is 2.50. The highest BCUT2D eigenvalue weighted by Gasteiger charge is 2.39. The van der Waals surface area contributed by atoms with E-state index in [2.05, 4.69) is 11.9 Å². The molecule has 1 aromatic rings. The van der Waals surface area contributed by atoms with Crippen LogP contribution in [0.3, 0.4) is 0 Å². The predicted molar refractivity (Wildman–Crippen MR) is 73.1 cm³/mol. The summed E-state index contributed by atoms with van der Waals surface area (Å²) in [6.45, 7) is 3.66. The van der Waals surface area contributed by atoms with Crippen LogP contribution in [0.5, 0.6) is 5.75 Å². The number of nitrogens with one attached hydrogen (secondary N) is 1. The summed E-state index contributed by atoms with van der Waals surface area (Å²) in [6.07, 6.45) is 0.687. The molecule has 0 unspecified atom stereocenters. The summed E-state index contributed by atoms with van der Waals surface area (Å²) in [4.78, 5) is 11.7. The topological polar surface area (TPSA) is 47.6 Å². The monoisotopic (exact) mass is 297 g/mol. The van der Waals surface area contributed by atoms with Gasteiger partial charge < -0.3 is 14.8 Å². The lowest BCUT2D eigenvalue weighted by Gasteiger charge is -2.38. The molecule has 0 saturated carbocycles. The lowest BCUT2D eigenvalue weighted by molar-refractivity contribution is -0.122. The number of ether oxygens (including phenoxy) is 2. The third kappa shape index (κ3) is 3.05. The van der Waals surface area contributed by atoms with Gasteiger partial charge in [-0.05, 0) is 18.9 Å². The molecule has 0 aliphatic carbocycles.